The van der Waals surface area contributed by atoms with Crippen LogP contribution in [0.5, 0.6) is 0 Å². The van der Waals surface area contributed by atoms with Crippen molar-refractivity contribution in [2.45, 2.75) is 25.3 Å². The highest BCUT2D eigenvalue weighted by Gasteiger charge is 2.15. The number of benzene rings is 1. The third kappa shape index (κ3) is 1.90. The molecular weight excluding hydrogens is 234 g/mol. The molecule has 1 unspecified atom stereocenters. The molecule has 0 saturated carbocycles. The maximum atomic E-state index is 4.38. The fourth-order valence-corrected chi connectivity index (χ4v) is 3.12. The lowest BCUT2D eigenvalue weighted by Crippen LogP contribution is -2.23. The van der Waals surface area contributed by atoms with Crippen molar-refractivity contribution in [3.05, 3.63) is 42.1 Å². The summed E-state index contributed by atoms with van der Waals surface area (Å²) in [6.07, 6.45) is 5.57. The Hall–Kier alpha value is -1.87. The highest BCUT2D eigenvalue weighted by molar-refractivity contribution is 6.05. The maximum Gasteiger partial charge on any atom is 0.138 e. The van der Waals surface area contributed by atoms with Crippen LogP contribution in [0.4, 0.5) is 0 Å². The molecule has 1 aromatic carbocycles. The van der Waals surface area contributed by atoms with Crippen LogP contribution in [-0.4, -0.2) is 22.6 Å². The normalized spacial score (nSPS) is 19.5. The summed E-state index contributed by atoms with van der Waals surface area (Å²) in [5.74, 6) is 0. The first-order valence-corrected chi connectivity index (χ1v) is 6.99. The van der Waals surface area contributed by atoms with E-state index >= 15 is 0 Å². The zero-order chi connectivity index (χ0) is 12.7. The van der Waals surface area contributed by atoms with Gasteiger partial charge in [-0.15, -0.1) is 0 Å². The van der Waals surface area contributed by atoms with Gasteiger partial charge in [-0.1, -0.05) is 6.07 Å². The number of aromatic amines is 1. The molecule has 1 fully saturated rings. The van der Waals surface area contributed by atoms with E-state index in [1.807, 2.05) is 12.3 Å². The molecule has 4 rings (SSSR count). The molecule has 3 heterocycles. The predicted molar refractivity (Wildman–Crippen MR) is 78.3 cm³/mol. The summed E-state index contributed by atoms with van der Waals surface area (Å²) in [7, 11) is 0. The highest BCUT2D eigenvalue weighted by Crippen LogP contribution is 2.25. The molecule has 0 spiro atoms. The van der Waals surface area contributed by atoms with E-state index in [4.69, 9.17) is 0 Å². The molecule has 2 aromatic heterocycles. The van der Waals surface area contributed by atoms with E-state index in [-0.39, 0.29) is 0 Å². The number of H-pyrrole nitrogens is 1. The first-order valence-electron chi connectivity index (χ1n) is 6.99. The Kier molecular flexibility index (Phi) is 2.52. The third-order valence-electron chi connectivity index (χ3n) is 4.08. The lowest BCUT2D eigenvalue weighted by molar-refractivity contribution is 0.603. The summed E-state index contributed by atoms with van der Waals surface area (Å²) in [5, 5.41) is 6.08. The maximum absolute atomic E-state index is 4.38. The molecular formula is C16H17N3. The Bertz CT molecular complexity index is 723. The van der Waals surface area contributed by atoms with Crippen molar-refractivity contribution in [3.63, 3.8) is 0 Å². The van der Waals surface area contributed by atoms with Crippen molar-refractivity contribution < 1.29 is 0 Å². The molecule has 19 heavy (non-hydrogen) atoms. The lowest BCUT2D eigenvalue weighted by Gasteiger charge is -2.09. The highest BCUT2D eigenvalue weighted by atomic mass is 14.9. The van der Waals surface area contributed by atoms with Crippen LogP contribution in [0.2, 0.25) is 0 Å². The number of aromatic nitrogens is 2. The topological polar surface area (TPSA) is 40.7 Å². The van der Waals surface area contributed by atoms with Crippen molar-refractivity contribution in [1.82, 2.24) is 15.3 Å². The van der Waals surface area contributed by atoms with Gasteiger partial charge >= 0.3 is 0 Å². The first kappa shape index (κ1) is 11.0. The van der Waals surface area contributed by atoms with Gasteiger partial charge in [-0.3, -0.25) is 0 Å². The number of pyridine rings is 1. The minimum atomic E-state index is 0.654. The van der Waals surface area contributed by atoms with Crippen LogP contribution in [0.25, 0.3) is 21.9 Å². The Labute approximate surface area is 112 Å². The Balaban J connectivity index is 1.78. The number of hydrogen-bond donors (Lipinski definition) is 2. The van der Waals surface area contributed by atoms with E-state index in [0.29, 0.717) is 6.04 Å². The molecule has 1 aliphatic heterocycles. The number of fused-ring (bicyclic) bond motifs is 3. The van der Waals surface area contributed by atoms with E-state index in [1.54, 1.807) is 0 Å². The molecule has 1 atom stereocenters. The summed E-state index contributed by atoms with van der Waals surface area (Å²) >= 11 is 0. The van der Waals surface area contributed by atoms with Crippen molar-refractivity contribution in [2.24, 2.45) is 0 Å². The molecule has 0 amide bonds. The van der Waals surface area contributed by atoms with Crippen LogP contribution in [0.3, 0.4) is 0 Å². The molecule has 3 heteroatoms. The monoisotopic (exact) mass is 251 g/mol. The summed E-state index contributed by atoms with van der Waals surface area (Å²) in [6.45, 7) is 1.17. The zero-order valence-electron chi connectivity index (χ0n) is 10.8. The lowest BCUT2D eigenvalue weighted by atomic mass is 10.0. The van der Waals surface area contributed by atoms with Gasteiger partial charge in [0.15, 0.2) is 0 Å². The van der Waals surface area contributed by atoms with Crippen LogP contribution < -0.4 is 5.32 Å². The molecule has 3 aromatic rings. The second kappa shape index (κ2) is 4.35. The van der Waals surface area contributed by atoms with Gasteiger partial charge in [0, 0.05) is 28.5 Å². The van der Waals surface area contributed by atoms with E-state index in [1.165, 1.54) is 41.2 Å². The van der Waals surface area contributed by atoms with Gasteiger partial charge in [-0.25, -0.2) is 4.98 Å². The van der Waals surface area contributed by atoms with Gasteiger partial charge in [-0.2, -0.15) is 0 Å². The fourth-order valence-electron chi connectivity index (χ4n) is 3.12. The average molecular weight is 251 g/mol. The van der Waals surface area contributed by atoms with Gasteiger partial charge in [0.05, 0.1) is 0 Å². The van der Waals surface area contributed by atoms with Crippen LogP contribution in [0.15, 0.2) is 36.5 Å². The Morgan fingerprint density at radius 3 is 3.11 bits per heavy atom. The van der Waals surface area contributed by atoms with Crippen molar-refractivity contribution >= 4 is 21.9 Å². The number of rotatable bonds is 2. The minimum absolute atomic E-state index is 0.654. The molecule has 2 N–H and O–H groups in total. The van der Waals surface area contributed by atoms with Crippen molar-refractivity contribution in [1.29, 1.82) is 0 Å². The van der Waals surface area contributed by atoms with E-state index in [9.17, 15) is 0 Å². The van der Waals surface area contributed by atoms with Crippen LogP contribution in [0.1, 0.15) is 18.4 Å². The van der Waals surface area contributed by atoms with Crippen LogP contribution >= 0.6 is 0 Å². The summed E-state index contributed by atoms with van der Waals surface area (Å²) in [4.78, 5) is 7.76. The first-order chi connectivity index (χ1) is 9.40. The zero-order valence-corrected chi connectivity index (χ0v) is 10.8. The molecule has 3 nitrogen and oxygen atoms in total. The second-order valence-electron chi connectivity index (χ2n) is 5.40. The standard InChI is InChI=1S/C16H17N3/c1-3-12(17-7-1)9-11-5-6-15-14(10-11)13-4-2-8-18-16(13)19-15/h2,4-6,8,10,12,17H,1,3,7,9H2,(H,18,19). The van der Waals surface area contributed by atoms with Crippen molar-refractivity contribution in [2.75, 3.05) is 6.54 Å². The number of nitrogens with one attached hydrogen (secondary N) is 2. The van der Waals surface area contributed by atoms with Gasteiger partial charge in [0.25, 0.3) is 0 Å². The summed E-state index contributed by atoms with van der Waals surface area (Å²) in [6, 6.07) is 11.5. The largest absolute Gasteiger partial charge is 0.339 e. The SMILES string of the molecule is c1cnc2[nH]c3ccc(CC4CCCN4)cc3c2c1. The molecule has 1 saturated heterocycles. The predicted octanol–water partition coefficient (Wildman–Crippen LogP) is 3.01. The Morgan fingerprint density at radius 2 is 2.21 bits per heavy atom. The van der Waals surface area contributed by atoms with E-state index in [2.05, 4.69) is 39.6 Å². The summed E-state index contributed by atoms with van der Waals surface area (Å²) in [5.41, 5.74) is 3.57. The summed E-state index contributed by atoms with van der Waals surface area (Å²) < 4.78 is 0. The van der Waals surface area contributed by atoms with Crippen molar-refractivity contribution in [3.8, 4) is 0 Å². The molecule has 96 valence electrons. The quantitative estimate of drug-likeness (QED) is 0.735. The second-order valence-corrected chi connectivity index (χ2v) is 5.40. The van der Waals surface area contributed by atoms with E-state index in [0.717, 1.165) is 12.1 Å². The number of hydrogen-bond acceptors (Lipinski definition) is 2. The minimum Gasteiger partial charge on any atom is -0.339 e. The molecule has 0 radical (unpaired) electrons. The third-order valence-corrected chi connectivity index (χ3v) is 4.08. The van der Waals surface area contributed by atoms with E-state index < -0.39 is 0 Å². The van der Waals surface area contributed by atoms with Gasteiger partial charge in [0.1, 0.15) is 5.65 Å². The fraction of sp³-hybridized carbons (Fsp3) is 0.312. The average Bonchev–Trinajstić information content (AvgIpc) is 3.06. The van der Waals surface area contributed by atoms with Gasteiger partial charge in [0.2, 0.25) is 0 Å². The molecule has 0 aliphatic carbocycles. The Morgan fingerprint density at radius 1 is 1.21 bits per heavy atom. The molecule has 1 aliphatic rings. The van der Waals surface area contributed by atoms with Gasteiger partial charge < -0.3 is 10.3 Å². The number of nitrogens with zero attached hydrogens (tertiary/aromatic N) is 1. The smallest absolute Gasteiger partial charge is 0.138 e. The van der Waals surface area contributed by atoms with Crippen LogP contribution in [-0.2, 0) is 6.42 Å². The van der Waals surface area contributed by atoms with Crippen LogP contribution in [0, 0.1) is 0 Å². The molecule has 0 bridgehead atoms. The van der Waals surface area contributed by atoms with Gasteiger partial charge in [-0.05, 0) is 55.6 Å².